The van der Waals surface area contributed by atoms with Gasteiger partial charge in [-0.1, -0.05) is 5.43 Å². The molecule has 0 unspecified atom stereocenters. The summed E-state index contributed by atoms with van der Waals surface area (Å²) in [5.41, 5.74) is 2.03. The highest BCUT2D eigenvalue weighted by Gasteiger charge is 2.07. The standard InChI is InChI=1S/C7H10BrN5O2S/c1-12(2)7(11-13(14)15)10-4-5-3-9-6(8)16-5/h3H,4H2,1-2H3,(H,10,11). The molecule has 1 heterocycles. The first-order valence-electron chi connectivity index (χ1n) is 4.22. The van der Waals surface area contributed by atoms with Gasteiger partial charge in [-0.15, -0.1) is 11.3 Å². The molecule has 1 N–H and O–H groups in total. The van der Waals surface area contributed by atoms with Crippen LogP contribution in [0.4, 0.5) is 0 Å². The summed E-state index contributed by atoms with van der Waals surface area (Å²) in [6, 6.07) is 0. The van der Waals surface area contributed by atoms with Crippen LogP contribution in [0.2, 0.25) is 0 Å². The van der Waals surface area contributed by atoms with Crippen LogP contribution in [0.5, 0.6) is 0 Å². The SMILES string of the molecule is CN(C)C(=NCc1cnc(Br)s1)N[N+](=O)[O-]. The summed E-state index contributed by atoms with van der Waals surface area (Å²) in [4.78, 5) is 20.9. The first kappa shape index (κ1) is 12.8. The quantitative estimate of drug-likeness (QED) is 0.391. The zero-order chi connectivity index (χ0) is 12.1. The molecule has 0 fully saturated rings. The number of nitrogens with zero attached hydrogens (tertiary/aromatic N) is 4. The van der Waals surface area contributed by atoms with E-state index in [1.54, 1.807) is 25.2 Å². The lowest BCUT2D eigenvalue weighted by Crippen LogP contribution is -2.39. The van der Waals surface area contributed by atoms with Crippen molar-refractivity contribution in [3.63, 3.8) is 0 Å². The van der Waals surface area contributed by atoms with E-state index in [4.69, 9.17) is 0 Å². The number of halogens is 1. The Morgan fingerprint density at radius 1 is 1.81 bits per heavy atom. The van der Waals surface area contributed by atoms with E-state index in [1.807, 2.05) is 5.43 Å². The van der Waals surface area contributed by atoms with E-state index in [2.05, 4.69) is 25.9 Å². The molecule has 0 amide bonds. The van der Waals surface area contributed by atoms with Crippen molar-refractivity contribution in [1.29, 1.82) is 0 Å². The van der Waals surface area contributed by atoms with Crippen LogP contribution < -0.4 is 5.43 Å². The van der Waals surface area contributed by atoms with Crippen molar-refractivity contribution in [3.05, 3.63) is 25.1 Å². The van der Waals surface area contributed by atoms with Crippen LogP contribution in [0.25, 0.3) is 0 Å². The van der Waals surface area contributed by atoms with Gasteiger partial charge < -0.3 is 4.90 Å². The van der Waals surface area contributed by atoms with Crippen LogP contribution >= 0.6 is 27.3 Å². The lowest BCUT2D eigenvalue weighted by molar-refractivity contribution is -0.526. The largest absolute Gasteiger partial charge is 0.345 e. The predicted molar refractivity (Wildman–Crippen MR) is 64.8 cm³/mol. The first-order chi connectivity index (χ1) is 7.49. The third kappa shape index (κ3) is 4.11. The zero-order valence-electron chi connectivity index (χ0n) is 8.68. The predicted octanol–water partition coefficient (Wildman–Crippen LogP) is 1.10. The molecule has 88 valence electrons. The topological polar surface area (TPSA) is 83.7 Å². The second-order valence-electron chi connectivity index (χ2n) is 2.98. The fourth-order valence-corrected chi connectivity index (χ4v) is 2.15. The summed E-state index contributed by atoms with van der Waals surface area (Å²) in [5, 5.41) is 9.66. The Balaban J connectivity index is 2.67. The summed E-state index contributed by atoms with van der Waals surface area (Å²) in [6.07, 6.45) is 1.68. The molecule has 1 aromatic rings. The van der Waals surface area contributed by atoms with Gasteiger partial charge in [0.15, 0.2) is 8.95 Å². The van der Waals surface area contributed by atoms with Gasteiger partial charge in [-0.25, -0.2) is 20.1 Å². The molecular weight excluding hydrogens is 298 g/mol. The van der Waals surface area contributed by atoms with Crippen LogP contribution in [-0.4, -0.2) is 35.0 Å². The summed E-state index contributed by atoms with van der Waals surface area (Å²) in [7, 11) is 3.36. The highest BCUT2D eigenvalue weighted by molar-refractivity contribution is 9.11. The molecule has 0 aliphatic heterocycles. The molecule has 0 aromatic carbocycles. The Labute approximate surface area is 104 Å². The number of hydrogen-bond acceptors (Lipinski definition) is 5. The van der Waals surface area contributed by atoms with Crippen LogP contribution in [0.15, 0.2) is 15.1 Å². The van der Waals surface area contributed by atoms with Crippen LogP contribution in [-0.2, 0) is 6.54 Å². The normalized spacial score (nSPS) is 11.3. The number of guanidine groups is 1. The molecule has 7 nitrogen and oxygen atoms in total. The molecule has 0 atom stereocenters. The monoisotopic (exact) mass is 307 g/mol. The van der Waals surface area contributed by atoms with E-state index in [1.165, 1.54) is 11.3 Å². The minimum absolute atomic E-state index is 0.203. The van der Waals surface area contributed by atoms with E-state index in [9.17, 15) is 10.1 Å². The van der Waals surface area contributed by atoms with Gasteiger partial charge in [0, 0.05) is 25.2 Å². The molecule has 1 rings (SSSR count). The van der Waals surface area contributed by atoms with Gasteiger partial charge in [0.1, 0.15) is 0 Å². The van der Waals surface area contributed by atoms with Crippen molar-refractivity contribution in [2.24, 2.45) is 4.99 Å². The molecule has 0 aliphatic carbocycles. The molecule has 1 aromatic heterocycles. The number of thiazole rings is 1. The molecule has 0 saturated heterocycles. The van der Waals surface area contributed by atoms with Gasteiger partial charge in [0.25, 0.3) is 5.96 Å². The van der Waals surface area contributed by atoms with E-state index in [0.29, 0.717) is 6.54 Å². The Hall–Kier alpha value is -1.22. The van der Waals surface area contributed by atoms with Gasteiger partial charge in [-0.2, -0.15) is 0 Å². The zero-order valence-corrected chi connectivity index (χ0v) is 11.1. The highest BCUT2D eigenvalue weighted by Crippen LogP contribution is 2.18. The van der Waals surface area contributed by atoms with Gasteiger partial charge in [0.2, 0.25) is 0 Å². The Morgan fingerprint density at radius 2 is 2.50 bits per heavy atom. The fraction of sp³-hybridized carbons (Fsp3) is 0.429. The molecule has 0 radical (unpaired) electrons. The Bertz CT molecular complexity index is 405. The highest BCUT2D eigenvalue weighted by atomic mass is 79.9. The summed E-state index contributed by atoms with van der Waals surface area (Å²) < 4.78 is 0.770. The Morgan fingerprint density at radius 3 is 2.94 bits per heavy atom. The number of rotatable bonds is 3. The van der Waals surface area contributed by atoms with E-state index in [-0.39, 0.29) is 5.96 Å². The lowest BCUT2D eigenvalue weighted by Gasteiger charge is -2.11. The van der Waals surface area contributed by atoms with Crippen molar-refractivity contribution in [3.8, 4) is 0 Å². The number of hydrogen-bond donors (Lipinski definition) is 1. The molecular formula is C7H10BrN5O2S. The number of nitro groups is 1. The van der Waals surface area contributed by atoms with Crippen molar-refractivity contribution < 1.29 is 5.03 Å². The molecule has 9 heteroatoms. The van der Waals surface area contributed by atoms with Crippen molar-refractivity contribution in [2.75, 3.05) is 14.1 Å². The smallest absolute Gasteiger partial charge is 0.256 e. The maximum Gasteiger partial charge on any atom is 0.256 e. The fourth-order valence-electron chi connectivity index (χ4n) is 0.868. The minimum Gasteiger partial charge on any atom is -0.345 e. The molecule has 16 heavy (non-hydrogen) atoms. The summed E-state index contributed by atoms with van der Waals surface area (Å²) in [6.45, 7) is 0.359. The van der Waals surface area contributed by atoms with E-state index in [0.717, 1.165) is 8.79 Å². The van der Waals surface area contributed by atoms with E-state index >= 15 is 0 Å². The van der Waals surface area contributed by atoms with Gasteiger partial charge >= 0.3 is 0 Å². The van der Waals surface area contributed by atoms with Crippen LogP contribution in [0.3, 0.4) is 0 Å². The van der Waals surface area contributed by atoms with Crippen LogP contribution in [0, 0.1) is 10.1 Å². The second kappa shape index (κ2) is 5.75. The van der Waals surface area contributed by atoms with Crippen molar-refractivity contribution in [2.45, 2.75) is 6.54 Å². The second-order valence-corrected chi connectivity index (χ2v) is 5.37. The maximum absolute atomic E-state index is 10.3. The maximum atomic E-state index is 10.3. The first-order valence-corrected chi connectivity index (χ1v) is 5.83. The van der Waals surface area contributed by atoms with Gasteiger partial charge in [-0.3, -0.25) is 0 Å². The van der Waals surface area contributed by atoms with Crippen molar-refractivity contribution in [1.82, 2.24) is 15.3 Å². The van der Waals surface area contributed by atoms with Gasteiger partial charge in [0.05, 0.1) is 6.54 Å². The third-order valence-corrected chi connectivity index (χ3v) is 2.99. The lowest BCUT2D eigenvalue weighted by atomic mass is 10.5. The molecule has 0 aliphatic rings. The molecule has 0 bridgehead atoms. The number of nitrogens with one attached hydrogen (secondary N) is 1. The van der Waals surface area contributed by atoms with Crippen molar-refractivity contribution >= 4 is 33.2 Å². The number of aromatic nitrogens is 1. The van der Waals surface area contributed by atoms with Gasteiger partial charge in [-0.05, 0) is 15.9 Å². The third-order valence-electron chi connectivity index (χ3n) is 1.52. The number of aliphatic imine (C=N–C) groups is 1. The van der Waals surface area contributed by atoms with E-state index < -0.39 is 5.03 Å². The summed E-state index contributed by atoms with van der Waals surface area (Å²) >= 11 is 4.68. The average Bonchev–Trinajstić information content (AvgIpc) is 2.58. The summed E-state index contributed by atoms with van der Waals surface area (Å²) in [5.74, 6) is 0.203. The average molecular weight is 308 g/mol. The Kier molecular flexibility index (Phi) is 4.62. The molecule has 0 spiro atoms. The minimum atomic E-state index is -0.637. The van der Waals surface area contributed by atoms with Crippen LogP contribution in [0.1, 0.15) is 4.88 Å². The number of hydrazine groups is 1. The molecule has 0 saturated carbocycles.